The van der Waals surface area contributed by atoms with Gasteiger partial charge in [0.05, 0.1) is 6.33 Å². The highest BCUT2D eigenvalue weighted by molar-refractivity contribution is 7.13. The van der Waals surface area contributed by atoms with Crippen LogP contribution in [0.3, 0.4) is 0 Å². The Labute approximate surface area is 144 Å². The van der Waals surface area contributed by atoms with Gasteiger partial charge < -0.3 is 11.1 Å². The molecule has 10 heteroatoms. The van der Waals surface area contributed by atoms with Crippen molar-refractivity contribution in [2.75, 3.05) is 5.32 Å². The molecule has 0 saturated heterocycles. The van der Waals surface area contributed by atoms with Crippen molar-refractivity contribution in [3.63, 3.8) is 0 Å². The van der Waals surface area contributed by atoms with Gasteiger partial charge in [0.15, 0.2) is 5.69 Å². The van der Waals surface area contributed by atoms with Crippen molar-refractivity contribution in [2.45, 2.75) is 13.5 Å². The largest absolute Gasteiger partial charge is 0.364 e. The van der Waals surface area contributed by atoms with Gasteiger partial charge in [-0.1, -0.05) is 6.07 Å². The minimum absolute atomic E-state index is 0.0798. The molecule has 128 valence electrons. The highest BCUT2D eigenvalue weighted by atomic mass is 32.1. The predicted octanol–water partition coefficient (Wildman–Crippen LogP) is 1.04. The van der Waals surface area contributed by atoms with Crippen molar-refractivity contribution >= 4 is 39.3 Å². The zero-order valence-corrected chi connectivity index (χ0v) is 13.8. The number of carbonyl (C=O) groups is 2. The lowest BCUT2D eigenvalue weighted by Crippen LogP contribution is -2.27. The number of anilines is 1. The van der Waals surface area contributed by atoms with Crippen molar-refractivity contribution in [1.29, 1.82) is 0 Å². The third-order valence-corrected chi connectivity index (χ3v) is 4.28. The Morgan fingerprint density at radius 3 is 2.84 bits per heavy atom. The summed E-state index contributed by atoms with van der Waals surface area (Å²) in [6.45, 7) is 1.29. The average molecular weight is 361 g/mol. The van der Waals surface area contributed by atoms with Crippen molar-refractivity contribution < 1.29 is 14.0 Å². The molecule has 3 aromatic rings. The number of benzene rings is 1. The molecule has 25 heavy (non-hydrogen) atoms. The molecular weight excluding hydrogens is 349 g/mol. The maximum atomic E-state index is 13.5. The summed E-state index contributed by atoms with van der Waals surface area (Å²) >= 11 is 0.790. The van der Waals surface area contributed by atoms with Crippen LogP contribution in [0, 0.1) is 12.7 Å². The normalized spacial score (nSPS) is 10.8. The summed E-state index contributed by atoms with van der Waals surface area (Å²) in [6, 6.07) is 4.29. The van der Waals surface area contributed by atoms with E-state index in [1.54, 1.807) is 13.0 Å². The van der Waals surface area contributed by atoms with E-state index in [2.05, 4.69) is 14.7 Å². The number of hydrogen-bond acceptors (Lipinski definition) is 6. The molecule has 0 aliphatic heterocycles. The highest BCUT2D eigenvalue weighted by Crippen LogP contribution is 2.16. The Hall–Kier alpha value is -3.14. The Kier molecular flexibility index (Phi) is 4.28. The van der Waals surface area contributed by atoms with Crippen LogP contribution in [0.1, 0.15) is 16.1 Å². The molecule has 8 nitrogen and oxygen atoms in total. The van der Waals surface area contributed by atoms with Gasteiger partial charge >= 0.3 is 0 Å². The van der Waals surface area contributed by atoms with Crippen molar-refractivity contribution in [3.8, 4) is 0 Å². The maximum Gasteiger partial charge on any atom is 0.273 e. The molecule has 3 rings (SSSR count). The molecule has 3 N–H and O–H groups in total. The molecular formula is C15H12FN5O3S. The summed E-state index contributed by atoms with van der Waals surface area (Å²) in [7, 11) is 0. The van der Waals surface area contributed by atoms with Crippen LogP contribution in [0.15, 0.2) is 29.3 Å². The van der Waals surface area contributed by atoms with Crippen molar-refractivity contribution in [1.82, 2.24) is 13.9 Å². The van der Waals surface area contributed by atoms with Gasteiger partial charge in [-0.05, 0) is 36.2 Å². The van der Waals surface area contributed by atoms with Gasteiger partial charge in [-0.2, -0.15) is 4.37 Å². The maximum absolute atomic E-state index is 13.5. The number of primary amides is 1. The van der Waals surface area contributed by atoms with Gasteiger partial charge in [0.1, 0.15) is 22.6 Å². The highest BCUT2D eigenvalue weighted by Gasteiger charge is 2.17. The van der Waals surface area contributed by atoms with Crippen molar-refractivity contribution in [2.24, 2.45) is 5.73 Å². The van der Waals surface area contributed by atoms with E-state index in [1.807, 2.05) is 0 Å². The van der Waals surface area contributed by atoms with E-state index in [4.69, 9.17) is 5.73 Å². The van der Waals surface area contributed by atoms with Crippen LogP contribution in [-0.4, -0.2) is 25.7 Å². The minimum atomic E-state index is -0.782. The smallest absolute Gasteiger partial charge is 0.273 e. The molecule has 2 amide bonds. The van der Waals surface area contributed by atoms with Crippen LogP contribution >= 0.6 is 11.5 Å². The van der Waals surface area contributed by atoms with Gasteiger partial charge in [0.2, 0.25) is 5.91 Å². The van der Waals surface area contributed by atoms with Gasteiger partial charge in [-0.15, -0.1) is 0 Å². The lowest BCUT2D eigenvalue weighted by molar-refractivity contribution is -0.116. The van der Waals surface area contributed by atoms with Gasteiger partial charge in [0.25, 0.3) is 11.5 Å². The first-order valence-corrected chi connectivity index (χ1v) is 7.85. The zero-order chi connectivity index (χ0) is 18.1. The third kappa shape index (κ3) is 3.24. The number of nitrogens with two attached hydrogens (primary N) is 1. The number of hydrogen-bond donors (Lipinski definition) is 2. The second-order valence-corrected chi connectivity index (χ2v) is 6.04. The summed E-state index contributed by atoms with van der Waals surface area (Å²) in [5.74, 6) is -1.75. The lowest BCUT2D eigenvalue weighted by Gasteiger charge is -2.08. The van der Waals surface area contributed by atoms with Crippen LogP contribution in [0.25, 0.3) is 10.2 Å². The molecule has 0 aliphatic carbocycles. The SMILES string of the molecule is Cc1ccc(NC(=O)Cn2cnc3c(C(N)=O)nsc3c2=O)cc1F. The molecule has 0 aliphatic rings. The summed E-state index contributed by atoms with van der Waals surface area (Å²) in [5.41, 5.74) is 5.42. The quantitative estimate of drug-likeness (QED) is 0.719. The molecule has 0 atom stereocenters. The molecule has 2 aromatic heterocycles. The number of halogens is 1. The zero-order valence-electron chi connectivity index (χ0n) is 12.9. The summed E-state index contributed by atoms with van der Waals surface area (Å²) in [5, 5.41) is 2.50. The van der Waals surface area contributed by atoms with Crippen LogP contribution in [0.2, 0.25) is 0 Å². The molecule has 2 heterocycles. The van der Waals surface area contributed by atoms with E-state index < -0.39 is 23.2 Å². The molecule has 0 fully saturated rings. The summed E-state index contributed by atoms with van der Waals surface area (Å²) in [4.78, 5) is 39.6. The predicted molar refractivity (Wildman–Crippen MR) is 90.0 cm³/mol. The first-order valence-electron chi connectivity index (χ1n) is 7.07. The first kappa shape index (κ1) is 16.7. The number of amides is 2. The third-order valence-electron chi connectivity index (χ3n) is 3.45. The Morgan fingerprint density at radius 2 is 2.16 bits per heavy atom. The number of aryl methyl sites for hydroxylation is 1. The molecule has 1 aromatic carbocycles. The van der Waals surface area contributed by atoms with E-state index in [1.165, 1.54) is 12.1 Å². The number of rotatable bonds is 4. The van der Waals surface area contributed by atoms with Crippen LogP contribution in [-0.2, 0) is 11.3 Å². The Balaban J connectivity index is 1.84. The fourth-order valence-corrected chi connectivity index (χ4v) is 2.95. The van der Waals surface area contributed by atoms with Gasteiger partial charge in [0, 0.05) is 5.69 Å². The number of carbonyl (C=O) groups excluding carboxylic acids is 2. The Morgan fingerprint density at radius 1 is 1.40 bits per heavy atom. The number of nitrogens with zero attached hydrogens (tertiary/aromatic N) is 3. The van der Waals surface area contributed by atoms with E-state index in [0.29, 0.717) is 5.56 Å². The molecule has 0 saturated carbocycles. The average Bonchev–Trinajstić information content (AvgIpc) is 2.98. The second kappa shape index (κ2) is 6.40. The van der Waals surface area contributed by atoms with E-state index in [9.17, 15) is 18.8 Å². The summed E-state index contributed by atoms with van der Waals surface area (Å²) in [6.07, 6.45) is 1.14. The lowest BCUT2D eigenvalue weighted by atomic mass is 10.2. The topological polar surface area (TPSA) is 120 Å². The molecule has 0 radical (unpaired) electrons. The van der Waals surface area contributed by atoms with E-state index in [0.717, 1.165) is 22.4 Å². The standard InChI is InChI=1S/C15H12FN5O3S/c1-7-2-3-8(4-9(7)16)19-10(22)5-21-6-18-11-12(14(17)23)20-25-13(11)15(21)24/h2-4,6H,5H2,1H3,(H2,17,23)(H,19,22). The number of nitrogens with one attached hydrogen (secondary N) is 1. The minimum Gasteiger partial charge on any atom is -0.364 e. The van der Waals surface area contributed by atoms with Gasteiger partial charge in [-0.25, -0.2) is 9.37 Å². The van der Waals surface area contributed by atoms with Crippen LogP contribution < -0.4 is 16.6 Å². The van der Waals surface area contributed by atoms with Crippen LogP contribution in [0.5, 0.6) is 0 Å². The fraction of sp³-hybridized carbons (Fsp3) is 0.133. The number of aromatic nitrogens is 3. The first-order chi connectivity index (χ1) is 11.9. The summed E-state index contributed by atoms with van der Waals surface area (Å²) < 4.78 is 18.5. The molecule has 0 bridgehead atoms. The van der Waals surface area contributed by atoms with E-state index >= 15 is 0 Å². The van der Waals surface area contributed by atoms with E-state index in [-0.39, 0.29) is 28.1 Å². The van der Waals surface area contributed by atoms with Crippen molar-refractivity contribution in [3.05, 3.63) is 52.0 Å². The monoisotopic (exact) mass is 361 g/mol. The fourth-order valence-electron chi connectivity index (χ4n) is 2.16. The molecule has 0 spiro atoms. The Bertz CT molecular complexity index is 1060. The van der Waals surface area contributed by atoms with Crippen LogP contribution in [0.4, 0.5) is 10.1 Å². The van der Waals surface area contributed by atoms with Gasteiger partial charge in [-0.3, -0.25) is 19.0 Å². The molecule has 0 unspecified atom stereocenters. The number of fused-ring (bicyclic) bond motifs is 1. The second-order valence-electron chi connectivity index (χ2n) is 5.26.